The molecular weight excluding hydrogens is 266 g/mol. The lowest BCUT2D eigenvalue weighted by Crippen LogP contribution is -2.34. The highest BCUT2D eigenvalue weighted by Crippen LogP contribution is 2.11. The van der Waals surface area contributed by atoms with Gasteiger partial charge in [-0.1, -0.05) is 0 Å². The lowest BCUT2D eigenvalue weighted by atomic mass is 10.2. The van der Waals surface area contributed by atoms with Crippen LogP contribution in [0.5, 0.6) is 5.75 Å². The minimum Gasteiger partial charge on any atom is -0.492 e. The van der Waals surface area contributed by atoms with Gasteiger partial charge in [0.2, 0.25) is 0 Å². The van der Waals surface area contributed by atoms with E-state index in [-0.39, 0.29) is 11.6 Å². The summed E-state index contributed by atoms with van der Waals surface area (Å²) in [5.74, 6) is 0.306. The second kappa shape index (κ2) is 7.91. The Morgan fingerprint density at radius 2 is 2.05 bits per heavy atom. The molecule has 0 aromatic heterocycles. The van der Waals surface area contributed by atoms with E-state index in [1.165, 1.54) is 12.1 Å². The van der Waals surface area contributed by atoms with Crippen molar-refractivity contribution in [1.29, 1.82) is 0 Å². The summed E-state index contributed by atoms with van der Waals surface area (Å²) in [6.07, 6.45) is 1.68. The van der Waals surface area contributed by atoms with Gasteiger partial charge in [-0.25, -0.2) is 4.79 Å². The van der Waals surface area contributed by atoms with Gasteiger partial charge in [-0.15, -0.1) is 0 Å². The van der Waals surface area contributed by atoms with Crippen molar-refractivity contribution >= 4 is 16.8 Å². The predicted octanol–water partition coefficient (Wildman–Crippen LogP) is 1.12. The average molecular weight is 285 g/mol. The predicted molar refractivity (Wildman–Crippen MR) is 75.3 cm³/mol. The van der Waals surface area contributed by atoms with Crippen LogP contribution < -0.4 is 10.1 Å². The van der Waals surface area contributed by atoms with Gasteiger partial charge in [0, 0.05) is 35.4 Å². The third-order valence-electron chi connectivity index (χ3n) is 2.45. The molecular formula is C13H19NO4S. The van der Waals surface area contributed by atoms with E-state index in [9.17, 15) is 9.00 Å². The lowest BCUT2D eigenvalue weighted by Gasteiger charge is -2.12. The molecule has 0 aliphatic carbocycles. The number of aromatic carboxylic acids is 1. The van der Waals surface area contributed by atoms with Gasteiger partial charge in [0.1, 0.15) is 12.4 Å². The highest BCUT2D eigenvalue weighted by atomic mass is 32.2. The minimum absolute atomic E-state index is 0.184. The van der Waals surface area contributed by atoms with Crippen LogP contribution in [0.1, 0.15) is 17.3 Å². The molecule has 2 unspecified atom stereocenters. The molecule has 6 heteroatoms. The molecule has 0 aliphatic heterocycles. The van der Waals surface area contributed by atoms with Gasteiger partial charge in [-0.05, 0) is 31.2 Å². The molecule has 19 heavy (non-hydrogen) atoms. The molecule has 0 fully saturated rings. The summed E-state index contributed by atoms with van der Waals surface area (Å²) in [6, 6.07) is 6.47. The largest absolute Gasteiger partial charge is 0.492 e. The standard InChI is InChI=1S/C13H19NO4S/c1-10(9-19(2)17)14-7-8-18-12-5-3-11(4-6-12)13(15)16/h3-6,10,14H,7-9H2,1-2H3,(H,15,16). The van der Waals surface area contributed by atoms with Gasteiger partial charge in [-0.3, -0.25) is 4.21 Å². The number of carboxylic acid groups (broad SMARTS) is 1. The van der Waals surface area contributed by atoms with Crippen LogP contribution in [-0.2, 0) is 10.8 Å². The number of nitrogens with one attached hydrogen (secondary N) is 1. The van der Waals surface area contributed by atoms with Crippen molar-refractivity contribution in [2.75, 3.05) is 25.2 Å². The minimum atomic E-state index is -0.949. The summed E-state index contributed by atoms with van der Waals surface area (Å²) >= 11 is 0. The van der Waals surface area contributed by atoms with Crippen LogP contribution in [-0.4, -0.2) is 46.5 Å². The maximum atomic E-state index is 11.0. The summed E-state index contributed by atoms with van der Waals surface area (Å²) in [5.41, 5.74) is 0.240. The first-order valence-corrected chi connectivity index (χ1v) is 7.71. The molecule has 5 nitrogen and oxygen atoms in total. The van der Waals surface area contributed by atoms with Crippen LogP contribution >= 0.6 is 0 Å². The molecule has 1 aromatic carbocycles. The van der Waals surface area contributed by atoms with E-state index < -0.39 is 16.8 Å². The maximum Gasteiger partial charge on any atom is 0.335 e. The highest BCUT2D eigenvalue weighted by Gasteiger charge is 2.04. The van der Waals surface area contributed by atoms with Crippen molar-refractivity contribution in [3.05, 3.63) is 29.8 Å². The monoisotopic (exact) mass is 285 g/mol. The number of hydrogen-bond acceptors (Lipinski definition) is 4. The summed E-state index contributed by atoms with van der Waals surface area (Å²) < 4.78 is 16.5. The summed E-state index contributed by atoms with van der Waals surface area (Å²) in [4.78, 5) is 10.7. The normalized spacial score (nSPS) is 13.8. The Balaban J connectivity index is 2.26. The molecule has 0 bridgehead atoms. The van der Waals surface area contributed by atoms with Crippen molar-refractivity contribution in [1.82, 2.24) is 5.32 Å². The van der Waals surface area contributed by atoms with E-state index in [4.69, 9.17) is 9.84 Å². The number of rotatable bonds is 8. The van der Waals surface area contributed by atoms with Crippen LogP contribution in [0.3, 0.4) is 0 Å². The fourth-order valence-electron chi connectivity index (χ4n) is 1.58. The smallest absolute Gasteiger partial charge is 0.335 e. The van der Waals surface area contributed by atoms with Crippen molar-refractivity contribution < 1.29 is 18.8 Å². The Kier molecular flexibility index (Phi) is 6.52. The first-order chi connectivity index (χ1) is 8.99. The summed E-state index contributed by atoms with van der Waals surface area (Å²) in [7, 11) is -0.803. The number of hydrogen-bond donors (Lipinski definition) is 2. The highest BCUT2D eigenvalue weighted by molar-refractivity contribution is 7.84. The molecule has 0 radical (unpaired) electrons. The van der Waals surface area contributed by atoms with E-state index in [0.717, 1.165) is 0 Å². The third kappa shape index (κ3) is 6.35. The SMILES string of the molecule is CC(CS(C)=O)NCCOc1ccc(C(=O)O)cc1. The molecule has 1 aromatic rings. The topological polar surface area (TPSA) is 75.6 Å². The zero-order valence-electron chi connectivity index (χ0n) is 11.1. The zero-order valence-corrected chi connectivity index (χ0v) is 11.9. The Morgan fingerprint density at radius 3 is 2.58 bits per heavy atom. The van der Waals surface area contributed by atoms with E-state index in [1.54, 1.807) is 18.4 Å². The fraction of sp³-hybridized carbons (Fsp3) is 0.462. The molecule has 106 valence electrons. The lowest BCUT2D eigenvalue weighted by molar-refractivity contribution is 0.0697. The van der Waals surface area contributed by atoms with Crippen LogP contribution in [0.4, 0.5) is 0 Å². The first-order valence-electron chi connectivity index (χ1n) is 5.98. The third-order valence-corrected chi connectivity index (χ3v) is 3.42. The summed E-state index contributed by atoms with van der Waals surface area (Å²) in [6.45, 7) is 3.11. The van der Waals surface area contributed by atoms with Gasteiger partial charge in [0.15, 0.2) is 0 Å². The zero-order chi connectivity index (χ0) is 14.3. The number of carbonyl (C=O) groups is 1. The van der Waals surface area contributed by atoms with Gasteiger partial charge < -0.3 is 15.2 Å². The molecule has 1 rings (SSSR count). The quantitative estimate of drug-likeness (QED) is 0.700. The van der Waals surface area contributed by atoms with E-state index >= 15 is 0 Å². The molecule has 2 atom stereocenters. The second-order valence-corrected chi connectivity index (χ2v) is 5.75. The van der Waals surface area contributed by atoms with E-state index in [1.807, 2.05) is 6.92 Å². The average Bonchev–Trinajstić information content (AvgIpc) is 2.34. The van der Waals surface area contributed by atoms with Crippen LogP contribution in [0.15, 0.2) is 24.3 Å². The van der Waals surface area contributed by atoms with Gasteiger partial charge >= 0.3 is 5.97 Å². The molecule has 0 spiro atoms. The number of benzene rings is 1. The van der Waals surface area contributed by atoms with E-state index in [0.29, 0.717) is 24.7 Å². The molecule has 0 aliphatic rings. The summed E-state index contributed by atoms with van der Waals surface area (Å²) in [5, 5.41) is 11.9. The van der Waals surface area contributed by atoms with Gasteiger partial charge in [0.05, 0.1) is 5.56 Å². The van der Waals surface area contributed by atoms with Crippen molar-refractivity contribution in [3.8, 4) is 5.75 Å². The fourth-order valence-corrected chi connectivity index (χ4v) is 2.40. The van der Waals surface area contributed by atoms with Crippen LogP contribution in [0.25, 0.3) is 0 Å². The molecule has 0 heterocycles. The Hall–Kier alpha value is -1.40. The Morgan fingerprint density at radius 1 is 1.42 bits per heavy atom. The van der Waals surface area contributed by atoms with Gasteiger partial charge in [-0.2, -0.15) is 0 Å². The number of ether oxygens (including phenoxy) is 1. The van der Waals surface area contributed by atoms with E-state index in [2.05, 4.69) is 5.32 Å². The second-order valence-electron chi connectivity index (χ2n) is 4.27. The Bertz CT molecular complexity index is 433. The van der Waals surface area contributed by atoms with Crippen LogP contribution in [0, 0.1) is 0 Å². The molecule has 0 saturated carbocycles. The van der Waals surface area contributed by atoms with Crippen molar-refractivity contribution in [2.24, 2.45) is 0 Å². The number of carboxylic acids is 1. The van der Waals surface area contributed by atoms with Crippen LogP contribution in [0.2, 0.25) is 0 Å². The van der Waals surface area contributed by atoms with Crippen molar-refractivity contribution in [2.45, 2.75) is 13.0 Å². The maximum absolute atomic E-state index is 11.0. The molecule has 0 amide bonds. The van der Waals surface area contributed by atoms with Crippen molar-refractivity contribution in [3.63, 3.8) is 0 Å². The van der Waals surface area contributed by atoms with Gasteiger partial charge in [0.25, 0.3) is 0 Å². The Labute approximate surface area is 115 Å². The molecule has 0 saturated heterocycles. The first kappa shape index (κ1) is 15.7. The molecule has 2 N–H and O–H groups in total.